The third kappa shape index (κ3) is 6.01. The Labute approximate surface area is 176 Å². The molecule has 6 nitrogen and oxygen atoms in total. The first-order chi connectivity index (χ1) is 14.4. The lowest BCUT2D eigenvalue weighted by Gasteiger charge is -2.15. The van der Waals surface area contributed by atoms with Gasteiger partial charge in [-0.05, 0) is 47.5 Å². The number of hydrazone groups is 1. The van der Waals surface area contributed by atoms with Crippen LogP contribution >= 0.6 is 0 Å². The van der Waals surface area contributed by atoms with Crippen LogP contribution in [0, 0.1) is 5.82 Å². The number of halogens is 1. The molecule has 1 aromatic heterocycles. The van der Waals surface area contributed by atoms with Crippen molar-refractivity contribution in [3.05, 3.63) is 77.4 Å². The molecule has 3 aromatic rings. The van der Waals surface area contributed by atoms with Gasteiger partial charge < -0.3 is 9.64 Å². The van der Waals surface area contributed by atoms with E-state index in [1.807, 2.05) is 49.3 Å². The monoisotopic (exact) mass is 407 g/mol. The average molecular weight is 407 g/mol. The maximum atomic E-state index is 12.9. The Morgan fingerprint density at radius 1 is 1.07 bits per heavy atom. The summed E-state index contributed by atoms with van der Waals surface area (Å²) >= 11 is 0. The SMILES string of the molecule is CC(C)c1nc(N/N=C/c2ccc(OCc3ccc(F)cc3)cc2)cc(N(C)C)n1. The second kappa shape index (κ2) is 9.82. The van der Waals surface area contributed by atoms with Gasteiger partial charge in [0.15, 0.2) is 5.82 Å². The maximum Gasteiger partial charge on any atom is 0.152 e. The summed E-state index contributed by atoms with van der Waals surface area (Å²) in [6, 6.07) is 15.7. The standard InChI is InChI=1S/C23H26FN5O/c1-16(2)23-26-21(13-22(27-23)29(3)4)28-25-14-17-7-11-20(12-8-17)30-15-18-5-9-19(24)10-6-18/h5-14,16H,15H2,1-4H3,(H,26,27,28)/b25-14+. The van der Waals surface area contributed by atoms with Crippen molar-refractivity contribution in [2.24, 2.45) is 5.10 Å². The van der Waals surface area contributed by atoms with Crippen molar-refractivity contribution in [1.29, 1.82) is 0 Å². The normalized spacial score (nSPS) is 11.1. The van der Waals surface area contributed by atoms with E-state index in [0.29, 0.717) is 12.4 Å². The van der Waals surface area contributed by atoms with Gasteiger partial charge in [-0.3, -0.25) is 5.43 Å². The first kappa shape index (κ1) is 21.2. The van der Waals surface area contributed by atoms with Crippen LogP contribution in [-0.2, 0) is 6.61 Å². The van der Waals surface area contributed by atoms with Crippen molar-refractivity contribution in [1.82, 2.24) is 9.97 Å². The molecule has 0 spiro atoms. The lowest BCUT2D eigenvalue weighted by Crippen LogP contribution is -2.13. The van der Waals surface area contributed by atoms with Gasteiger partial charge in [0.1, 0.15) is 29.8 Å². The van der Waals surface area contributed by atoms with Crippen LogP contribution in [0.25, 0.3) is 0 Å². The summed E-state index contributed by atoms with van der Waals surface area (Å²) in [7, 11) is 3.89. The molecular weight excluding hydrogens is 381 g/mol. The Morgan fingerprint density at radius 3 is 2.40 bits per heavy atom. The number of nitrogens with zero attached hydrogens (tertiary/aromatic N) is 4. The summed E-state index contributed by atoms with van der Waals surface area (Å²) in [5.74, 6) is 2.94. The van der Waals surface area contributed by atoms with Crippen LogP contribution in [0.1, 0.15) is 36.7 Å². The predicted molar refractivity (Wildman–Crippen MR) is 119 cm³/mol. The van der Waals surface area contributed by atoms with Gasteiger partial charge in [-0.2, -0.15) is 5.10 Å². The van der Waals surface area contributed by atoms with E-state index in [1.165, 1.54) is 12.1 Å². The summed E-state index contributed by atoms with van der Waals surface area (Å²) < 4.78 is 18.7. The molecule has 2 aromatic carbocycles. The Morgan fingerprint density at radius 2 is 1.77 bits per heavy atom. The van der Waals surface area contributed by atoms with Gasteiger partial charge in [0.05, 0.1) is 6.21 Å². The number of rotatable bonds is 8. The minimum absolute atomic E-state index is 0.219. The molecule has 30 heavy (non-hydrogen) atoms. The Kier molecular flexibility index (Phi) is 6.95. The fourth-order valence-electron chi connectivity index (χ4n) is 2.57. The van der Waals surface area contributed by atoms with Crippen molar-refractivity contribution in [2.45, 2.75) is 26.4 Å². The average Bonchev–Trinajstić information content (AvgIpc) is 2.74. The number of anilines is 2. The van der Waals surface area contributed by atoms with E-state index in [2.05, 4.69) is 34.3 Å². The van der Waals surface area contributed by atoms with E-state index in [-0.39, 0.29) is 11.7 Å². The van der Waals surface area contributed by atoms with Gasteiger partial charge in [-0.15, -0.1) is 0 Å². The highest BCUT2D eigenvalue weighted by Crippen LogP contribution is 2.19. The number of hydrogen-bond acceptors (Lipinski definition) is 6. The van der Waals surface area contributed by atoms with Gasteiger partial charge in [-0.25, -0.2) is 14.4 Å². The molecular formula is C23H26FN5O. The lowest BCUT2D eigenvalue weighted by molar-refractivity contribution is 0.306. The number of ether oxygens (including phenoxy) is 1. The largest absolute Gasteiger partial charge is 0.489 e. The zero-order valence-corrected chi connectivity index (χ0v) is 17.6. The van der Waals surface area contributed by atoms with Crippen LogP contribution in [0.2, 0.25) is 0 Å². The Bertz CT molecular complexity index is 959. The van der Waals surface area contributed by atoms with E-state index in [1.54, 1.807) is 18.3 Å². The third-order valence-corrected chi connectivity index (χ3v) is 4.30. The van der Waals surface area contributed by atoms with Gasteiger partial charge >= 0.3 is 0 Å². The first-order valence-corrected chi connectivity index (χ1v) is 9.73. The lowest BCUT2D eigenvalue weighted by atomic mass is 10.2. The molecule has 0 amide bonds. The molecule has 1 N–H and O–H groups in total. The van der Waals surface area contributed by atoms with Crippen LogP contribution in [0.15, 0.2) is 59.7 Å². The molecule has 0 saturated carbocycles. The van der Waals surface area contributed by atoms with Crippen LogP contribution in [0.5, 0.6) is 5.75 Å². The highest BCUT2D eigenvalue weighted by atomic mass is 19.1. The van der Waals surface area contributed by atoms with E-state index >= 15 is 0 Å². The van der Waals surface area contributed by atoms with Gasteiger partial charge in [-0.1, -0.05) is 26.0 Å². The van der Waals surface area contributed by atoms with Gasteiger partial charge in [0.2, 0.25) is 0 Å². The van der Waals surface area contributed by atoms with Crippen molar-refractivity contribution >= 4 is 17.9 Å². The predicted octanol–water partition coefficient (Wildman–Crippen LogP) is 4.83. The van der Waals surface area contributed by atoms with E-state index in [4.69, 9.17) is 4.74 Å². The molecule has 0 radical (unpaired) electrons. The maximum absolute atomic E-state index is 12.9. The molecule has 0 aliphatic carbocycles. The second-order valence-electron chi connectivity index (χ2n) is 7.37. The summed E-state index contributed by atoms with van der Waals surface area (Å²) in [5, 5.41) is 4.28. The molecule has 0 unspecified atom stereocenters. The van der Waals surface area contributed by atoms with Crippen molar-refractivity contribution in [2.75, 3.05) is 24.4 Å². The van der Waals surface area contributed by atoms with E-state index in [9.17, 15) is 4.39 Å². The zero-order chi connectivity index (χ0) is 21.5. The molecule has 7 heteroatoms. The van der Waals surface area contributed by atoms with Gasteiger partial charge in [0.25, 0.3) is 0 Å². The molecule has 0 fully saturated rings. The van der Waals surface area contributed by atoms with E-state index in [0.717, 1.165) is 28.5 Å². The topological polar surface area (TPSA) is 62.6 Å². The molecule has 156 valence electrons. The number of benzene rings is 2. The zero-order valence-electron chi connectivity index (χ0n) is 17.6. The fourth-order valence-corrected chi connectivity index (χ4v) is 2.57. The molecule has 0 bridgehead atoms. The van der Waals surface area contributed by atoms with Crippen LogP contribution < -0.4 is 15.1 Å². The van der Waals surface area contributed by atoms with Crippen LogP contribution in [0.3, 0.4) is 0 Å². The smallest absolute Gasteiger partial charge is 0.152 e. The minimum Gasteiger partial charge on any atom is -0.489 e. The van der Waals surface area contributed by atoms with Crippen molar-refractivity contribution in [3.63, 3.8) is 0 Å². The third-order valence-electron chi connectivity index (χ3n) is 4.30. The Hall–Kier alpha value is -3.48. The van der Waals surface area contributed by atoms with Crippen molar-refractivity contribution in [3.8, 4) is 5.75 Å². The number of nitrogens with one attached hydrogen (secondary N) is 1. The van der Waals surface area contributed by atoms with Gasteiger partial charge in [0, 0.05) is 26.1 Å². The highest BCUT2D eigenvalue weighted by molar-refractivity contribution is 5.80. The quantitative estimate of drug-likeness (QED) is 0.428. The molecule has 0 aliphatic rings. The summed E-state index contributed by atoms with van der Waals surface area (Å²) in [4.78, 5) is 11.0. The van der Waals surface area contributed by atoms with Crippen LogP contribution in [-0.4, -0.2) is 30.3 Å². The highest BCUT2D eigenvalue weighted by Gasteiger charge is 2.09. The molecule has 0 saturated heterocycles. The summed E-state index contributed by atoms with van der Waals surface area (Å²) in [5.41, 5.74) is 4.81. The summed E-state index contributed by atoms with van der Waals surface area (Å²) in [6.07, 6.45) is 1.72. The minimum atomic E-state index is -0.253. The number of aromatic nitrogens is 2. The number of hydrogen-bond donors (Lipinski definition) is 1. The summed E-state index contributed by atoms with van der Waals surface area (Å²) in [6.45, 7) is 4.50. The molecule has 3 rings (SSSR count). The van der Waals surface area contributed by atoms with E-state index < -0.39 is 0 Å². The Balaban J connectivity index is 1.59. The molecule has 0 atom stereocenters. The second-order valence-corrected chi connectivity index (χ2v) is 7.37. The molecule has 0 aliphatic heterocycles. The molecule has 1 heterocycles. The first-order valence-electron chi connectivity index (χ1n) is 9.73. The fraction of sp³-hybridized carbons (Fsp3) is 0.261. The van der Waals surface area contributed by atoms with Crippen LogP contribution in [0.4, 0.5) is 16.0 Å². The van der Waals surface area contributed by atoms with Crippen molar-refractivity contribution < 1.29 is 9.13 Å².